The van der Waals surface area contributed by atoms with E-state index in [1.54, 1.807) is 48.5 Å². The Balaban J connectivity index is 1.73. The average Bonchev–Trinajstić information content (AvgIpc) is 2.75. The molecular weight excluding hydrogens is 372 g/mol. The standard InChI is InChI=1S/C22H18N2O5/c1-28-22(27)16-11-5-6-12-17(16)23-20(25)21(26)24-18-13-7-8-14-19(18)29-15-9-3-2-4-10-15/h2-14H,1H3,(H,23,25)(H,24,26). The Morgan fingerprint density at radius 2 is 1.24 bits per heavy atom. The van der Waals surface area contributed by atoms with Crippen LogP contribution in [-0.4, -0.2) is 24.9 Å². The summed E-state index contributed by atoms with van der Waals surface area (Å²) in [6, 6.07) is 22.0. The Morgan fingerprint density at radius 1 is 0.690 bits per heavy atom. The molecule has 29 heavy (non-hydrogen) atoms. The molecule has 7 heteroatoms. The highest BCUT2D eigenvalue weighted by molar-refractivity contribution is 6.44. The summed E-state index contributed by atoms with van der Waals surface area (Å²) >= 11 is 0. The van der Waals surface area contributed by atoms with Crippen LogP contribution in [0, 0.1) is 0 Å². The lowest BCUT2D eigenvalue weighted by Crippen LogP contribution is -2.29. The molecule has 0 spiro atoms. The Kier molecular flexibility index (Phi) is 6.22. The molecule has 0 aliphatic rings. The van der Waals surface area contributed by atoms with E-state index in [4.69, 9.17) is 4.74 Å². The number of ether oxygens (including phenoxy) is 2. The number of carbonyl (C=O) groups excluding carboxylic acids is 3. The maximum atomic E-state index is 12.4. The fourth-order valence-electron chi connectivity index (χ4n) is 2.51. The van der Waals surface area contributed by atoms with E-state index in [1.807, 2.05) is 18.2 Å². The summed E-state index contributed by atoms with van der Waals surface area (Å²) < 4.78 is 10.4. The number of rotatable bonds is 5. The quantitative estimate of drug-likeness (QED) is 0.510. The van der Waals surface area contributed by atoms with Gasteiger partial charge < -0.3 is 20.1 Å². The zero-order chi connectivity index (χ0) is 20.6. The number of methoxy groups -OCH3 is 1. The topological polar surface area (TPSA) is 93.7 Å². The van der Waals surface area contributed by atoms with Crippen LogP contribution < -0.4 is 15.4 Å². The van der Waals surface area contributed by atoms with Gasteiger partial charge in [0.25, 0.3) is 0 Å². The van der Waals surface area contributed by atoms with Gasteiger partial charge in [0, 0.05) is 0 Å². The molecular formula is C22H18N2O5. The van der Waals surface area contributed by atoms with E-state index in [-0.39, 0.29) is 11.3 Å². The lowest BCUT2D eigenvalue weighted by Gasteiger charge is -2.13. The van der Waals surface area contributed by atoms with Gasteiger partial charge >= 0.3 is 17.8 Å². The second kappa shape index (κ2) is 9.18. The summed E-state index contributed by atoms with van der Waals surface area (Å²) in [5.74, 6) is -1.49. The van der Waals surface area contributed by atoms with Gasteiger partial charge in [0.05, 0.1) is 24.0 Å². The summed E-state index contributed by atoms with van der Waals surface area (Å²) in [5.41, 5.74) is 0.648. The lowest BCUT2D eigenvalue weighted by atomic mass is 10.2. The summed E-state index contributed by atoms with van der Waals surface area (Å²) in [6.07, 6.45) is 0. The SMILES string of the molecule is COC(=O)c1ccccc1NC(=O)C(=O)Nc1ccccc1Oc1ccccc1. The molecule has 2 N–H and O–H groups in total. The average molecular weight is 390 g/mol. The van der Waals surface area contributed by atoms with Crippen molar-refractivity contribution in [2.45, 2.75) is 0 Å². The minimum atomic E-state index is -0.934. The third-order valence-corrected chi connectivity index (χ3v) is 3.89. The van der Waals surface area contributed by atoms with Crippen molar-refractivity contribution >= 4 is 29.2 Å². The van der Waals surface area contributed by atoms with E-state index in [0.717, 1.165) is 0 Å². The van der Waals surface area contributed by atoms with Crippen molar-refractivity contribution in [2.75, 3.05) is 17.7 Å². The van der Waals surface area contributed by atoms with Crippen molar-refractivity contribution in [3.8, 4) is 11.5 Å². The number of anilines is 2. The fraction of sp³-hybridized carbons (Fsp3) is 0.0455. The Hall–Kier alpha value is -4.13. The number of carbonyl (C=O) groups is 3. The minimum absolute atomic E-state index is 0.143. The summed E-state index contributed by atoms with van der Waals surface area (Å²) in [4.78, 5) is 36.5. The van der Waals surface area contributed by atoms with E-state index >= 15 is 0 Å². The van der Waals surface area contributed by atoms with Crippen molar-refractivity contribution in [1.29, 1.82) is 0 Å². The molecule has 0 unspecified atom stereocenters. The highest BCUT2D eigenvalue weighted by Crippen LogP contribution is 2.29. The van der Waals surface area contributed by atoms with E-state index in [9.17, 15) is 14.4 Å². The number of hydrogen-bond acceptors (Lipinski definition) is 5. The van der Waals surface area contributed by atoms with E-state index in [2.05, 4.69) is 15.4 Å². The molecule has 3 aromatic carbocycles. The van der Waals surface area contributed by atoms with Crippen molar-refractivity contribution in [2.24, 2.45) is 0 Å². The van der Waals surface area contributed by atoms with E-state index < -0.39 is 17.8 Å². The van der Waals surface area contributed by atoms with Crippen LogP contribution >= 0.6 is 0 Å². The van der Waals surface area contributed by atoms with Gasteiger partial charge in [-0.05, 0) is 36.4 Å². The number of hydrogen-bond donors (Lipinski definition) is 2. The third kappa shape index (κ3) is 4.98. The molecule has 0 saturated carbocycles. The van der Waals surface area contributed by atoms with E-state index in [0.29, 0.717) is 17.2 Å². The first-order valence-electron chi connectivity index (χ1n) is 8.70. The zero-order valence-corrected chi connectivity index (χ0v) is 15.5. The van der Waals surface area contributed by atoms with Gasteiger partial charge in [-0.2, -0.15) is 0 Å². The minimum Gasteiger partial charge on any atom is -0.465 e. The number of nitrogens with one attached hydrogen (secondary N) is 2. The third-order valence-electron chi connectivity index (χ3n) is 3.89. The highest BCUT2D eigenvalue weighted by Gasteiger charge is 2.19. The summed E-state index contributed by atoms with van der Waals surface area (Å²) in [7, 11) is 1.23. The van der Waals surface area contributed by atoms with Gasteiger partial charge in [0.1, 0.15) is 5.75 Å². The van der Waals surface area contributed by atoms with Crippen LogP contribution in [0.25, 0.3) is 0 Å². The first-order chi connectivity index (χ1) is 14.1. The first-order valence-corrected chi connectivity index (χ1v) is 8.70. The number of esters is 1. The normalized spacial score (nSPS) is 9.97. The Bertz CT molecular complexity index is 1030. The molecule has 0 radical (unpaired) electrons. The Labute approximate surface area is 167 Å². The van der Waals surface area contributed by atoms with Gasteiger partial charge in [-0.15, -0.1) is 0 Å². The lowest BCUT2D eigenvalue weighted by molar-refractivity contribution is -0.133. The molecule has 0 bridgehead atoms. The van der Waals surface area contributed by atoms with Crippen LogP contribution in [0.3, 0.4) is 0 Å². The molecule has 0 aliphatic heterocycles. The molecule has 146 valence electrons. The van der Waals surface area contributed by atoms with E-state index in [1.165, 1.54) is 19.2 Å². The van der Waals surface area contributed by atoms with Crippen molar-refractivity contribution in [3.05, 3.63) is 84.4 Å². The van der Waals surface area contributed by atoms with Gasteiger partial charge in [-0.1, -0.05) is 42.5 Å². The predicted octanol–water partition coefficient (Wildman–Crippen LogP) is 3.84. The fourth-order valence-corrected chi connectivity index (χ4v) is 2.51. The molecule has 0 heterocycles. The van der Waals surface area contributed by atoms with Crippen LogP contribution in [0.15, 0.2) is 78.9 Å². The first kappa shape index (κ1) is 19.6. The van der Waals surface area contributed by atoms with Crippen molar-refractivity contribution in [1.82, 2.24) is 0 Å². The van der Waals surface area contributed by atoms with Gasteiger partial charge in [-0.25, -0.2) is 4.79 Å². The number of benzene rings is 3. The second-order valence-corrected chi connectivity index (χ2v) is 5.86. The smallest absolute Gasteiger partial charge is 0.339 e. The Morgan fingerprint density at radius 3 is 1.93 bits per heavy atom. The molecule has 0 saturated heterocycles. The molecule has 3 rings (SSSR count). The molecule has 0 aromatic heterocycles. The van der Waals surface area contributed by atoms with Crippen LogP contribution in [0.5, 0.6) is 11.5 Å². The van der Waals surface area contributed by atoms with Crippen LogP contribution in [0.2, 0.25) is 0 Å². The van der Waals surface area contributed by atoms with Gasteiger partial charge in [0.15, 0.2) is 5.75 Å². The molecule has 3 aromatic rings. The van der Waals surface area contributed by atoms with Crippen LogP contribution in [0.4, 0.5) is 11.4 Å². The number of amides is 2. The molecule has 0 atom stereocenters. The van der Waals surface area contributed by atoms with Crippen LogP contribution in [0.1, 0.15) is 10.4 Å². The monoisotopic (exact) mass is 390 g/mol. The van der Waals surface area contributed by atoms with Gasteiger partial charge in [0.2, 0.25) is 0 Å². The van der Waals surface area contributed by atoms with Crippen LogP contribution in [-0.2, 0) is 14.3 Å². The predicted molar refractivity (Wildman–Crippen MR) is 108 cm³/mol. The maximum absolute atomic E-state index is 12.4. The van der Waals surface area contributed by atoms with Crippen molar-refractivity contribution < 1.29 is 23.9 Å². The van der Waals surface area contributed by atoms with Crippen molar-refractivity contribution in [3.63, 3.8) is 0 Å². The molecule has 0 aliphatic carbocycles. The summed E-state index contributed by atoms with van der Waals surface area (Å²) in [6.45, 7) is 0. The maximum Gasteiger partial charge on any atom is 0.339 e. The summed E-state index contributed by atoms with van der Waals surface area (Å²) in [5, 5.41) is 4.94. The second-order valence-electron chi connectivity index (χ2n) is 5.86. The molecule has 2 amide bonds. The zero-order valence-electron chi connectivity index (χ0n) is 15.5. The van der Waals surface area contributed by atoms with Gasteiger partial charge in [-0.3, -0.25) is 9.59 Å². The molecule has 7 nitrogen and oxygen atoms in total. The molecule has 0 fully saturated rings. The number of para-hydroxylation sites is 4. The largest absolute Gasteiger partial charge is 0.465 e. The highest BCUT2D eigenvalue weighted by atomic mass is 16.5.